The summed E-state index contributed by atoms with van der Waals surface area (Å²) in [4.78, 5) is 21.9. The third-order valence-electron chi connectivity index (χ3n) is 4.96. The molecule has 1 atom stereocenters. The van der Waals surface area contributed by atoms with Crippen molar-refractivity contribution in [3.63, 3.8) is 0 Å². The summed E-state index contributed by atoms with van der Waals surface area (Å²) < 4.78 is 10.8. The number of aromatic nitrogens is 2. The number of H-pyrrole nitrogens is 1. The first-order chi connectivity index (χ1) is 12.6. The highest BCUT2D eigenvalue weighted by atomic mass is 16.5. The van der Waals surface area contributed by atoms with Crippen LogP contribution in [0.2, 0.25) is 0 Å². The molecule has 3 rings (SSSR count). The minimum Gasteiger partial charge on any atom is -0.497 e. The van der Waals surface area contributed by atoms with Gasteiger partial charge in [0.25, 0.3) is 5.56 Å². The van der Waals surface area contributed by atoms with Gasteiger partial charge in [0.15, 0.2) is 0 Å². The average molecular weight is 357 g/mol. The van der Waals surface area contributed by atoms with Crippen molar-refractivity contribution < 1.29 is 9.47 Å². The van der Waals surface area contributed by atoms with Gasteiger partial charge in [-0.1, -0.05) is 13.0 Å². The predicted molar refractivity (Wildman–Crippen MR) is 101 cm³/mol. The van der Waals surface area contributed by atoms with Gasteiger partial charge in [-0.15, -0.1) is 0 Å². The number of rotatable bonds is 6. The Balaban J connectivity index is 1.75. The van der Waals surface area contributed by atoms with Gasteiger partial charge in [-0.05, 0) is 31.9 Å². The third-order valence-corrected chi connectivity index (χ3v) is 4.96. The van der Waals surface area contributed by atoms with Crippen LogP contribution >= 0.6 is 0 Å². The van der Waals surface area contributed by atoms with E-state index < -0.39 is 0 Å². The standard InChI is InChI=1S/C20H27N3O3/c1-4-16-10-19(24)22-20(21-16)15-6-5-9-23(13-15)12-14-7-8-17(25-2)11-18(14)26-3/h7-8,10-11,15H,4-6,9,12-13H2,1-3H3,(H,21,22,24). The van der Waals surface area contributed by atoms with E-state index in [4.69, 9.17) is 9.47 Å². The number of aryl methyl sites for hydroxylation is 1. The van der Waals surface area contributed by atoms with Crippen LogP contribution in [-0.4, -0.2) is 42.2 Å². The molecule has 0 aliphatic carbocycles. The van der Waals surface area contributed by atoms with Crippen molar-refractivity contribution in [2.75, 3.05) is 27.3 Å². The van der Waals surface area contributed by atoms with E-state index in [0.29, 0.717) is 0 Å². The molecule has 1 saturated heterocycles. The molecule has 0 bridgehead atoms. The molecule has 1 unspecified atom stereocenters. The van der Waals surface area contributed by atoms with Crippen molar-refractivity contribution in [2.45, 2.75) is 38.6 Å². The SMILES string of the molecule is CCc1cc(=O)[nH]c(C2CCCN(Cc3ccc(OC)cc3OC)C2)n1. The molecule has 2 aromatic rings. The molecule has 0 spiro atoms. The third kappa shape index (κ3) is 4.25. The van der Waals surface area contributed by atoms with E-state index >= 15 is 0 Å². The number of hydrogen-bond acceptors (Lipinski definition) is 5. The summed E-state index contributed by atoms with van der Waals surface area (Å²) in [5, 5.41) is 0. The van der Waals surface area contributed by atoms with Crippen LogP contribution in [0.1, 0.15) is 42.8 Å². The summed E-state index contributed by atoms with van der Waals surface area (Å²) >= 11 is 0. The zero-order valence-electron chi connectivity index (χ0n) is 15.7. The van der Waals surface area contributed by atoms with Gasteiger partial charge in [0, 0.05) is 42.4 Å². The van der Waals surface area contributed by atoms with Crippen LogP contribution in [0.15, 0.2) is 29.1 Å². The van der Waals surface area contributed by atoms with Crippen LogP contribution in [0.5, 0.6) is 11.5 Å². The summed E-state index contributed by atoms with van der Waals surface area (Å²) in [7, 11) is 3.34. The number of aromatic amines is 1. The lowest BCUT2D eigenvalue weighted by atomic mass is 9.96. The van der Waals surface area contributed by atoms with E-state index in [1.54, 1.807) is 20.3 Å². The van der Waals surface area contributed by atoms with Gasteiger partial charge in [0.1, 0.15) is 17.3 Å². The molecule has 1 N–H and O–H groups in total. The lowest BCUT2D eigenvalue weighted by molar-refractivity contribution is 0.194. The van der Waals surface area contributed by atoms with E-state index in [-0.39, 0.29) is 11.5 Å². The Morgan fingerprint density at radius 2 is 2.12 bits per heavy atom. The fraction of sp³-hybridized carbons (Fsp3) is 0.500. The van der Waals surface area contributed by atoms with Gasteiger partial charge in [-0.2, -0.15) is 0 Å². The van der Waals surface area contributed by atoms with Crippen molar-refractivity contribution in [2.24, 2.45) is 0 Å². The topological polar surface area (TPSA) is 67.5 Å². The summed E-state index contributed by atoms with van der Waals surface area (Å²) in [6.07, 6.45) is 2.91. The largest absolute Gasteiger partial charge is 0.497 e. The molecular formula is C20H27N3O3. The second kappa shape index (κ2) is 8.36. The van der Waals surface area contributed by atoms with Crippen molar-refractivity contribution in [1.82, 2.24) is 14.9 Å². The maximum absolute atomic E-state index is 11.9. The summed E-state index contributed by atoms with van der Waals surface area (Å²) in [5.41, 5.74) is 1.94. The van der Waals surface area contributed by atoms with E-state index in [1.165, 1.54) is 0 Å². The molecule has 6 heteroatoms. The Hall–Kier alpha value is -2.34. The highest BCUT2D eigenvalue weighted by Crippen LogP contribution is 2.29. The van der Waals surface area contributed by atoms with Crippen LogP contribution in [-0.2, 0) is 13.0 Å². The van der Waals surface area contributed by atoms with E-state index in [1.807, 2.05) is 19.1 Å². The molecule has 2 heterocycles. The number of methoxy groups -OCH3 is 2. The zero-order valence-corrected chi connectivity index (χ0v) is 15.7. The molecule has 1 aromatic heterocycles. The predicted octanol–water partition coefficient (Wildman–Crippen LogP) is 2.73. The normalized spacial score (nSPS) is 17.9. The van der Waals surface area contributed by atoms with Gasteiger partial charge >= 0.3 is 0 Å². The number of likely N-dealkylation sites (tertiary alicyclic amines) is 1. The van der Waals surface area contributed by atoms with Crippen molar-refractivity contribution >= 4 is 0 Å². The second-order valence-electron chi connectivity index (χ2n) is 6.73. The van der Waals surface area contributed by atoms with E-state index in [9.17, 15) is 4.79 Å². The maximum atomic E-state index is 11.9. The van der Waals surface area contributed by atoms with Crippen molar-refractivity contribution in [3.8, 4) is 11.5 Å². The number of piperidine rings is 1. The highest BCUT2D eigenvalue weighted by Gasteiger charge is 2.24. The van der Waals surface area contributed by atoms with Gasteiger partial charge in [-0.25, -0.2) is 4.98 Å². The van der Waals surface area contributed by atoms with E-state index in [2.05, 4.69) is 20.9 Å². The maximum Gasteiger partial charge on any atom is 0.251 e. The van der Waals surface area contributed by atoms with Crippen LogP contribution < -0.4 is 15.0 Å². The molecule has 1 aliphatic rings. The Morgan fingerprint density at radius 3 is 2.85 bits per heavy atom. The lowest BCUT2D eigenvalue weighted by Gasteiger charge is -2.32. The first-order valence-electron chi connectivity index (χ1n) is 9.16. The van der Waals surface area contributed by atoms with Crippen molar-refractivity contribution in [1.29, 1.82) is 0 Å². The monoisotopic (exact) mass is 357 g/mol. The number of benzene rings is 1. The van der Waals surface area contributed by atoms with Gasteiger partial charge in [-0.3, -0.25) is 9.69 Å². The van der Waals surface area contributed by atoms with Crippen LogP contribution in [0.3, 0.4) is 0 Å². The Kier molecular flexibility index (Phi) is 5.93. The summed E-state index contributed by atoms with van der Waals surface area (Å²) in [5.74, 6) is 2.71. The lowest BCUT2D eigenvalue weighted by Crippen LogP contribution is -2.35. The number of nitrogens with zero attached hydrogens (tertiary/aromatic N) is 2. The van der Waals surface area contributed by atoms with E-state index in [0.717, 1.165) is 67.5 Å². The highest BCUT2D eigenvalue weighted by molar-refractivity contribution is 5.40. The minimum atomic E-state index is -0.0548. The minimum absolute atomic E-state index is 0.0548. The molecule has 1 aliphatic heterocycles. The smallest absolute Gasteiger partial charge is 0.251 e. The molecule has 1 fully saturated rings. The summed E-state index contributed by atoms with van der Waals surface area (Å²) in [6, 6.07) is 7.52. The molecule has 6 nitrogen and oxygen atoms in total. The molecule has 0 amide bonds. The fourth-order valence-corrected chi connectivity index (χ4v) is 3.55. The Morgan fingerprint density at radius 1 is 1.27 bits per heavy atom. The van der Waals surface area contributed by atoms with Crippen molar-refractivity contribution in [3.05, 3.63) is 51.7 Å². The van der Waals surface area contributed by atoms with Crippen LogP contribution in [0.4, 0.5) is 0 Å². The van der Waals surface area contributed by atoms with Crippen LogP contribution in [0.25, 0.3) is 0 Å². The van der Waals surface area contributed by atoms with Crippen LogP contribution in [0, 0.1) is 0 Å². The molecule has 140 valence electrons. The molecule has 26 heavy (non-hydrogen) atoms. The van der Waals surface area contributed by atoms with Gasteiger partial charge in [0.2, 0.25) is 0 Å². The first-order valence-corrected chi connectivity index (χ1v) is 9.16. The number of ether oxygens (including phenoxy) is 2. The first kappa shape index (κ1) is 18.5. The Bertz CT molecular complexity index is 803. The number of nitrogens with one attached hydrogen (secondary N) is 1. The second-order valence-corrected chi connectivity index (χ2v) is 6.73. The molecule has 0 saturated carbocycles. The zero-order chi connectivity index (χ0) is 18.5. The fourth-order valence-electron chi connectivity index (χ4n) is 3.55. The van der Waals surface area contributed by atoms with Gasteiger partial charge in [0.05, 0.1) is 14.2 Å². The quantitative estimate of drug-likeness (QED) is 0.861. The average Bonchev–Trinajstić information content (AvgIpc) is 2.68. The molecular weight excluding hydrogens is 330 g/mol. The molecule has 1 aromatic carbocycles. The summed E-state index contributed by atoms with van der Waals surface area (Å²) in [6.45, 7) is 4.74. The molecule has 0 radical (unpaired) electrons. The number of hydrogen-bond donors (Lipinski definition) is 1. The van der Waals surface area contributed by atoms with Gasteiger partial charge < -0.3 is 14.5 Å². The Labute approximate surface area is 154 Å².